The van der Waals surface area contributed by atoms with Crippen LogP contribution in [0.2, 0.25) is 0 Å². The van der Waals surface area contributed by atoms with E-state index in [0.717, 1.165) is 0 Å². The van der Waals surface area contributed by atoms with Crippen LogP contribution in [-0.2, 0) is 19.1 Å². The lowest BCUT2D eigenvalue weighted by molar-refractivity contribution is -0.141. The van der Waals surface area contributed by atoms with E-state index >= 15 is 0 Å². The lowest BCUT2D eigenvalue weighted by Crippen LogP contribution is -2.05. The molecule has 0 N–H and O–H groups in total. The first kappa shape index (κ1) is 12.7. The number of hydrogen-bond acceptors (Lipinski definition) is 4. The van der Waals surface area contributed by atoms with E-state index in [2.05, 4.69) is 13.8 Å². The van der Waals surface area contributed by atoms with Gasteiger partial charge in [0.2, 0.25) is 0 Å². The first-order chi connectivity index (χ1) is 7.35. The molecule has 0 radical (unpaired) electrons. The Labute approximate surface area is 95.6 Å². The van der Waals surface area contributed by atoms with Crippen molar-refractivity contribution in [3.05, 3.63) is 12.3 Å². The lowest BCUT2D eigenvalue weighted by Gasteiger charge is -2.02. The average molecular weight is 226 g/mol. The fraction of sp³-hybridized carbons (Fsp3) is 0.667. The van der Waals surface area contributed by atoms with Crippen molar-refractivity contribution in [2.75, 3.05) is 6.61 Å². The lowest BCUT2D eigenvalue weighted by atomic mass is 10.1. The van der Waals surface area contributed by atoms with Crippen LogP contribution in [0.25, 0.3) is 0 Å². The van der Waals surface area contributed by atoms with Gasteiger partial charge in [0.05, 0.1) is 12.9 Å². The van der Waals surface area contributed by atoms with E-state index in [1.807, 2.05) is 6.08 Å². The maximum atomic E-state index is 10.7. The van der Waals surface area contributed by atoms with Crippen LogP contribution in [0.4, 0.5) is 0 Å². The third-order valence-electron chi connectivity index (χ3n) is 3.13. The predicted octanol–water partition coefficient (Wildman–Crippen LogP) is 1.90. The summed E-state index contributed by atoms with van der Waals surface area (Å²) >= 11 is 0. The smallest absolute Gasteiger partial charge is 0.307 e. The number of allylic oxidation sites excluding steroid dienone is 1. The van der Waals surface area contributed by atoms with Gasteiger partial charge >= 0.3 is 11.9 Å². The molecule has 1 aliphatic carbocycles. The van der Waals surface area contributed by atoms with Gasteiger partial charge in [0.1, 0.15) is 0 Å². The van der Waals surface area contributed by atoms with Crippen molar-refractivity contribution in [1.29, 1.82) is 0 Å². The van der Waals surface area contributed by atoms with Gasteiger partial charge in [-0.25, -0.2) is 0 Å². The van der Waals surface area contributed by atoms with Crippen molar-refractivity contribution in [3.63, 3.8) is 0 Å². The molecule has 1 aliphatic rings. The van der Waals surface area contributed by atoms with E-state index in [1.165, 1.54) is 20.1 Å². The normalized spacial score (nSPS) is 26.5. The van der Waals surface area contributed by atoms with Gasteiger partial charge in [-0.15, -0.1) is 0 Å². The van der Waals surface area contributed by atoms with Crippen molar-refractivity contribution in [1.82, 2.24) is 0 Å². The average Bonchev–Trinajstić information content (AvgIpc) is 2.64. The van der Waals surface area contributed by atoms with Crippen molar-refractivity contribution in [2.45, 2.75) is 27.7 Å². The second-order valence-electron chi connectivity index (χ2n) is 4.69. The van der Waals surface area contributed by atoms with Gasteiger partial charge in [0.15, 0.2) is 0 Å². The Morgan fingerprint density at radius 1 is 1.25 bits per heavy atom. The van der Waals surface area contributed by atoms with E-state index in [-0.39, 0.29) is 17.4 Å². The largest absolute Gasteiger partial charge is 0.466 e. The van der Waals surface area contributed by atoms with E-state index in [1.54, 1.807) is 0 Å². The van der Waals surface area contributed by atoms with Crippen molar-refractivity contribution in [3.8, 4) is 0 Å². The standard InChI is InChI=1S/C12H18O4/c1-8(13)15-6-5-10-11(12(10,3)4)7-16-9(2)14/h5-6,10-11H,7H2,1-4H3. The number of carbonyl (C=O) groups excluding carboxylic acids is 2. The summed E-state index contributed by atoms with van der Waals surface area (Å²) in [5.74, 6) is 0.0195. The zero-order valence-electron chi connectivity index (χ0n) is 10.1. The highest BCUT2D eigenvalue weighted by Crippen LogP contribution is 2.58. The summed E-state index contributed by atoms with van der Waals surface area (Å²) in [6.45, 7) is 7.39. The molecule has 0 amide bonds. The molecule has 2 unspecified atom stereocenters. The molecule has 2 atom stereocenters. The molecule has 0 saturated heterocycles. The Balaban J connectivity index is 2.41. The number of esters is 2. The molecule has 0 aromatic rings. The van der Waals surface area contributed by atoms with E-state index in [0.29, 0.717) is 18.4 Å². The van der Waals surface area contributed by atoms with Crippen LogP contribution in [0, 0.1) is 17.3 Å². The molecule has 0 aliphatic heterocycles. The number of carbonyl (C=O) groups is 2. The first-order valence-corrected chi connectivity index (χ1v) is 5.33. The molecule has 0 heterocycles. The minimum atomic E-state index is -0.328. The summed E-state index contributed by atoms with van der Waals surface area (Å²) < 4.78 is 9.71. The van der Waals surface area contributed by atoms with Gasteiger partial charge in [-0.05, 0) is 17.4 Å². The van der Waals surface area contributed by atoms with Crippen LogP contribution >= 0.6 is 0 Å². The van der Waals surface area contributed by atoms with Crippen molar-refractivity contribution >= 4 is 11.9 Å². The fourth-order valence-electron chi connectivity index (χ4n) is 1.91. The zero-order chi connectivity index (χ0) is 12.3. The van der Waals surface area contributed by atoms with Crippen molar-refractivity contribution in [2.24, 2.45) is 17.3 Å². The minimum Gasteiger partial charge on any atom is -0.466 e. The monoisotopic (exact) mass is 226 g/mol. The van der Waals surface area contributed by atoms with Gasteiger partial charge in [0, 0.05) is 19.8 Å². The summed E-state index contributed by atoms with van der Waals surface area (Å²) in [6, 6.07) is 0. The van der Waals surface area contributed by atoms with Crippen LogP contribution in [0.5, 0.6) is 0 Å². The van der Waals surface area contributed by atoms with Crippen LogP contribution < -0.4 is 0 Å². The topological polar surface area (TPSA) is 52.6 Å². The number of hydrogen-bond donors (Lipinski definition) is 0. The summed E-state index contributed by atoms with van der Waals surface area (Å²) in [7, 11) is 0. The molecule has 0 aromatic heterocycles. The van der Waals surface area contributed by atoms with Gasteiger partial charge < -0.3 is 9.47 Å². The molecule has 0 aromatic carbocycles. The SMILES string of the molecule is CC(=O)OC=CC1C(COC(C)=O)C1(C)C. The maximum absolute atomic E-state index is 10.7. The van der Waals surface area contributed by atoms with Gasteiger partial charge in [0.25, 0.3) is 0 Å². The molecule has 1 saturated carbocycles. The highest BCUT2D eigenvalue weighted by atomic mass is 16.5. The summed E-state index contributed by atoms with van der Waals surface area (Å²) in [5.41, 5.74) is 0.103. The molecule has 1 fully saturated rings. The van der Waals surface area contributed by atoms with Crippen LogP contribution in [0.15, 0.2) is 12.3 Å². The van der Waals surface area contributed by atoms with E-state index in [4.69, 9.17) is 9.47 Å². The Morgan fingerprint density at radius 2 is 1.88 bits per heavy atom. The fourth-order valence-corrected chi connectivity index (χ4v) is 1.91. The molecule has 4 nitrogen and oxygen atoms in total. The quantitative estimate of drug-likeness (QED) is 0.542. The minimum absolute atomic E-state index is 0.103. The van der Waals surface area contributed by atoms with Gasteiger partial charge in [-0.1, -0.05) is 13.8 Å². The van der Waals surface area contributed by atoms with Crippen LogP contribution in [0.1, 0.15) is 27.7 Å². The summed E-state index contributed by atoms with van der Waals surface area (Å²) in [4.78, 5) is 21.2. The molecule has 4 heteroatoms. The zero-order valence-corrected chi connectivity index (χ0v) is 10.1. The van der Waals surface area contributed by atoms with Crippen LogP contribution in [0.3, 0.4) is 0 Å². The summed E-state index contributed by atoms with van der Waals surface area (Å²) in [6.07, 6.45) is 3.28. The molecule has 1 rings (SSSR count). The van der Waals surface area contributed by atoms with Crippen molar-refractivity contribution < 1.29 is 19.1 Å². The third kappa shape index (κ3) is 3.08. The Bertz CT molecular complexity index is 317. The highest BCUT2D eigenvalue weighted by molar-refractivity contribution is 5.66. The first-order valence-electron chi connectivity index (χ1n) is 5.33. The van der Waals surface area contributed by atoms with E-state index < -0.39 is 0 Å². The second kappa shape index (κ2) is 4.68. The van der Waals surface area contributed by atoms with Gasteiger partial charge in [-0.2, -0.15) is 0 Å². The predicted molar refractivity (Wildman–Crippen MR) is 58.3 cm³/mol. The third-order valence-corrected chi connectivity index (χ3v) is 3.13. The molecule has 0 bridgehead atoms. The van der Waals surface area contributed by atoms with Crippen LogP contribution in [-0.4, -0.2) is 18.5 Å². The Hall–Kier alpha value is -1.32. The van der Waals surface area contributed by atoms with E-state index in [9.17, 15) is 9.59 Å². The Morgan fingerprint density at radius 3 is 2.38 bits per heavy atom. The Kier molecular flexibility index (Phi) is 3.73. The number of rotatable bonds is 4. The summed E-state index contributed by atoms with van der Waals surface area (Å²) in [5, 5.41) is 0. The highest BCUT2D eigenvalue weighted by Gasteiger charge is 2.56. The molecular formula is C12H18O4. The molecule has 0 spiro atoms. The van der Waals surface area contributed by atoms with Gasteiger partial charge in [-0.3, -0.25) is 9.59 Å². The number of ether oxygens (including phenoxy) is 2. The molecule has 16 heavy (non-hydrogen) atoms. The second-order valence-corrected chi connectivity index (χ2v) is 4.69. The maximum Gasteiger partial charge on any atom is 0.307 e. The molecule has 90 valence electrons. The molecular weight excluding hydrogens is 208 g/mol.